The molecule has 0 saturated heterocycles. The molecule has 284 valence electrons. The Morgan fingerprint density at radius 2 is 0.646 bits per heavy atom. The van der Waals surface area contributed by atoms with E-state index in [1.54, 1.807) is 22.5 Å². The van der Waals surface area contributed by atoms with Gasteiger partial charge >= 0.3 is 72.4 Å². The van der Waals surface area contributed by atoms with Gasteiger partial charge in [0.25, 0.3) is 0 Å². The zero-order chi connectivity index (χ0) is 37.3. The molecule has 0 N–H and O–H groups in total. The molecular formula is C38H74O6S3Sn. The van der Waals surface area contributed by atoms with Crippen molar-refractivity contribution in [3.8, 4) is 0 Å². The molecule has 0 aliphatic rings. The van der Waals surface area contributed by atoms with Gasteiger partial charge < -0.3 is 29.7 Å². The van der Waals surface area contributed by atoms with Crippen LogP contribution < -0.4 is 15.3 Å². The molecule has 0 radical (unpaired) electrons. The van der Waals surface area contributed by atoms with Crippen molar-refractivity contribution in [1.29, 1.82) is 0 Å². The van der Waals surface area contributed by atoms with Crippen molar-refractivity contribution in [2.45, 2.75) is 186 Å². The van der Waals surface area contributed by atoms with Gasteiger partial charge in [0.05, 0.1) is 0 Å². The van der Waals surface area contributed by atoms with E-state index in [1.165, 1.54) is 81.5 Å². The summed E-state index contributed by atoms with van der Waals surface area (Å²) in [6.07, 6.45) is 26.4. The molecule has 0 rings (SSSR count). The van der Waals surface area contributed by atoms with Gasteiger partial charge in [-0.1, -0.05) is 97.8 Å². The monoisotopic (exact) mass is 842 g/mol. The summed E-state index contributed by atoms with van der Waals surface area (Å²) in [6.45, 7) is 8.70. The van der Waals surface area contributed by atoms with E-state index in [0.717, 1.165) is 57.8 Å². The van der Waals surface area contributed by atoms with Crippen LogP contribution in [-0.4, -0.2) is 57.7 Å². The van der Waals surface area contributed by atoms with Crippen LogP contribution in [-0.2, 0) is 14.4 Å². The number of hydrogen-bond acceptors (Lipinski definition) is 9. The Kier molecular flexibility index (Phi) is 54.2. The van der Waals surface area contributed by atoms with E-state index in [9.17, 15) is 29.7 Å². The molecule has 3 unspecified atom stereocenters. The van der Waals surface area contributed by atoms with Gasteiger partial charge in [0.2, 0.25) is 0 Å². The number of unbranched alkanes of at least 4 members (excludes halogenated alkanes) is 14. The van der Waals surface area contributed by atoms with Crippen molar-refractivity contribution in [3.63, 3.8) is 0 Å². The van der Waals surface area contributed by atoms with Crippen LogP contribution in [0, 0.1) is 17.8 Å². The van der Waals surface area contributed by atoms with Crippen LogP contribution in [0.3, 0.4) is 0 Å². The maximum absolute atomic E-state index is 10.6. The van der Waals surface area contributed by atoms with Crippen LogP contribution >= 0.6 is 37.9 Å². The molecule has 48 heavy (non-hydrogen) atoms. The third kappa shape index (κ3) is 46.3. The fraction of sp³-hybridized carbons (Fsp3) is 0.921. The zero-order valence-corrected chi connectivity index (χ0v) is 36.9. The summed E-state index contributed by atoms with van der Waals surface area (Å²) in [6, 6.07) is 0. The molecule has 0 amide bonds. The fourth-order valence-corrected chi connectivity index (χ4v) is 6.61. The molecule has 0 aromatic heterocycles. The van der Waals surface area contributed by atoms with Gasteiger partial charge in [-0.25, -0.2) is 0 Å². The molecule has 3 atom stereocenters. The standard InChI is InChI=1S/3C10H20O2S.C8H17.Sn/c3*1-2-3-4-5-6-9(7-8-13)10(11)12;1-3-5-7-8-6-4-2;/h3*9,13H,2-8H2,1H3,(H,11,12);1,3-8H2,2H3;/q;;;;+3/p-3. The second kappa shape index (κ2) is 47.3. The molecule has 0 bridgehead atoms. The molecule has 6 nitrogen and oxygen atoms in total. The van der Waals surface area contributed by atoms with Gasteiger partial charge in [0.15, 0.2) is 0 Å². The Morgan fingerprint density at radius 3 is 0.854 bits per heavy atom. The number of hydrogen-bond donors (Lipinski definition) is 3. The number of thiol groups is 3. The summed E-state index contributed by atoms with van der Waals surface area (Å²) in [4.78, 5) is 31.8. The third-order valence-corrected chi connectivity index (χ3v) is 9.97. The summed E-state index contributed by atoms with van der Waals surface area (Å²) >= 11 is 13.8. The summed E-state index contributed by atoms with van der Waals surface area (Å²) in [5.74, 6) is -1.69. The summed E-state index contributed by atoms with van der Waals surface area (Å²) in [5.41, 5.74) is 0. The van der Waals surface area contributed by atoms with E-state index in [-0.39, 0.29) is 17.8 Å². The van der Waals surface area contributed by atoms with E-state index in [4.69, 9.17) is 0 Å². The number of aliphatic carboxylic acids is 3. The van der Waals surface area contributed by atoms with E-state index in [0.29, 0.717) is 36.5 Å². The van der Waals surface area contributed by atoms with Crippen molar-refractivity contribution in [2.24, 2.45) is 17.8 Å². The van der Waals surface area contributed by atoms with Gasteiger partial charge in [-0.2, -0.15) is 37.9 Å². The summed E-state index contributed by atoms with van der Waals surface area (Å²) < 4.78 is 1.46. The Morgan fingerprint density at radius 1 is 0.417 bits per heavy atom. The van der Waals surface area contributed by atoms with Gasteiger partial charge in [-0.15, -0.1) is 0 Å². The Balaban J connectivity index is -0.000000271. The number of carboxylic acids is 3. The molecule has 0 aromatic carbocycles. The van der Waals surface area contributed by atoms with E-state index >= 15 is 0 Å². The first-order valence-corrected chi connectivity index (χ1v) is 23.1. The van der Waals surface area contributed by atoms with Gasteiger partial charge in [0.1, 0.15) is 0 Å². The van der Waals surface area contributed by atoms with Gasteiger partial charge in [0, 0.05) is 17.9 Å². The predicted molar refractivity (Wildman–Crippen MR) is 211 cm³/mol. The molecule has 0 aromatic rings. The van der Waals surface area contributed by atoms with Crippen LogP contribution in [0.5, 0.6) is 0 Å². The van der Waals surface area contributed by atoms with E-state index in [1.807, 2.05) is 0 Å². The molecule has 0 aliphatic carbocycles. The van der Waals surface area contributed by atoms with Crippen LogP contribution in [0.1, 0.15) is 182 Å². The zero-order valence-electron chi connectivity index (χ0n) is 31.3. The van der Waals surface area contributed by atoms with E-state index in [2.05, 4.69) is 65.6 Å². The van der Waals surface area contributed by atoms with Crippen molar-refractivity contribution in [2.75, 3.05) is 17.3 Å². The van der Waals surface area contributed by atoms with Crippen LogP contribution in [0.2, 0.25) is 4.44 Å². The molecular weight excluding hydrogens is 767 g/mol. The average Bonchev–Trinajstić information content (AvgIpc) is 3.06. The number of carbonyl (C=O) groups excluding carboxylic acids is 3. The molecule has 0 heterocycles. The van der Waals surface area contributed by atoms with Crippen LogP contribution in [0.25, 0.3) is 0 Å². The van der Waals surface area contributed by atoms with Crippen LogP contribution in [0.15, 0.2) is 0 Å². The van der Waals surface area contributed by atoms with Crippen molar-refractivity contribution in [1.82, 2.24) is 0 Å². The molecule has 0 saturated carbocycles. The summed E-state index contributed by atoms with van der Waals surface area (Å²) in [7, 11) is 0. The predicted octanol–water partition coefficient (Wildman–Crippen LogP) is 7.86. The van der Waals surface area contributed by atoms with Crippen molar-refractivity contribution in [3.05, 3.63) is 0 Å². The average molecular weight is 842 g/mol. The SMILES string of the molecule is CCCCCCC(CCS)C(=O)[O-].CCCCCCC(CCS)C(=O)[O-].CCCCCCC(CCS)C(=O)[O-].CCCCCCC[CH2][Sn+3]. The van der Waals surface area contributed by atoms with Crippen molar-refractivity contribution >= 4 is 78.3 Å². The first kappa shape index (κ1) is 55.0. The fourth-order valence-electron chi connectivity index (χ4n) is 4.97. The molecule has 0 spiro atoms. The quantitative estimate of drug-likeness (QED) is 0.0385. The Labute approximate surface area is 327 Å². The maximum atomic E-state index is 10.6. The second-order valence-corrected chi connectivity index (χ2v) is 15.4. The van der Waals surface area contributed by atoms with E-state index < -0.39 is 17.9 Å². The number of carboxylic acid groups (broad SMARTS) is 3. The van der Waals surface area contributed by atoms with Crippen LogP contribution in [0.4, 0.5) is 0 Å². The normalized spacial score (nSPS) is 12.3. The van der Waals surface area contributed by atoms with Gasteiger partial charge in [-0.3, -0.25) is 0 Å². The first-order chi connectivity index (χ1) is 23.1. The topological polar surface area (TPSA) is 120 Å². The number of rotatable bonds is 30. The third-order valence-electron chi connectivity index (χ3n) is 8.18. The molecule has 0 aliphatic heterocycles. The first-order valence-electron chi connectivity index (χ1n) is 19.2. The molecule has 10 heteroatoms. The number of carbonyl (C=O) groups is 3. The minimum atomic E-state index is -0.912. The van der Waals surface area contributed by atoms with Crippen molar-refractivity contribution < 1.29 is 29.7 Å². The second-order valence-electron chi connectivity index (χ2n) is 12.7. The Bertz CT molecular complexity index is 590. The summed E-state index contributed by atoms with van der Waals surface area (Å²) in [5, 5.41) is 31.8. The minimum absolute atomic E-state index is 0.283. The van der Waals surface area contributed by atoms with Gasteiger partial charge in [-0.05, 0) is 73.5 Å². The Hall–Kier alpha value is 0.259. The molecule has 0 fully saturated rings.